The number of benzene rings is 1. The third-order valence-corrected chi connectivity index (χ3v) is 4.85. The van der Waals surface area contributed by atoms with Crippen molar-refractivity contribution in [3.63, 3.8) is 0 Å². The number of imidazole rings is 1. The molecule has 0 spiro atoms. The molecule has 1 atom stereocenters. The minimum atomic E-state index is 0.171. The lowest BCUT2D eigenvalue weighted by Crippen LogP contribution is -2.33. The van der Waals surface area contributed by atoms with Crippen LogP contribution >= 0.6 is 11.6 Å². The largest absolute Gasteiger partial charge is 0.325 e. The molecule has 114 valence electrons. The number of halogens is 1. The first-order valence-electron chi connectivity index (χ1n) is 7.96. The molecule has 2 aromatic rings. The van der Waals surface area contributed by atoms with Crippen LogP contribution in [0.2, 0.25) is 5.02 Å². The summed E-state index contributed by atoms with van der Waals surface area (Å²) >= 11 is 6.15. The summed E-state index contributed by atoms with van der Waals surface area (Å²) in [6.07, 6.45) is 3.54. The van der Waals surface area contributed by atoms with Gasteiger partial charge in [-0.15, -0.1) is 0 Å². The van der Waals surface area contributed by atoms with Gasteiger partial charge < -0.3 is 9.88 Å². The molecule has 0 aliphatic carbocycles. The molecule has 1 unspecified atom stereocenters. The van der Waals surface area contributed by atoms with Crippen LogP contribution in [0.5, 0.6) is 0 Å². The fourth-order valence-corrected chi connectivity index (χ4v) is 3.87. The number of hydrogen-bond donors (Lipinski definition) is 1. The molecule has 1 aliphatic rings. The van der Waals surface area contributed by atoms with Crippen LogP contribution in [0, 0.1) is 0 Å². The fourth-order valence-electron chi connectivity index (χ4n) is 3.71. The Morgan fingerprint density at radius 3 is 2.86 bits per heavy atom. The van der Waals surface area contributed by atoms with Gasteiger partial charge in [0.25, 0.3) is 0 Å². The molecule has 3 nitrogen and oxygen atoms in total. The summed E-state index contributed by atoms with van der Waals surface area (Å²) in [5.41, 5.74) is 2.39. The van der Waals surface area contributed by atoms with E-state index in [0.717, 1.165) is 23.6 Å². The summed E-state index contributed by atoms with van der Waals surface area (Å²) in [5, 5.41) is 4.30. The molecule has 2 heterocycles. The highest BCUT2D eigenvalue weighted by molar-refractivity contribution is 6.31. The van der Waals surface area contributed by atoms with Crippen LogP contribution in [0.15, 0.2) is 18.2 Å². The van der Waals surface area contributed by atoms with Gasteiger partial charge in [-0.05, 0) is 51.4 Å². The maximum Gasteiger partial charge on any atom is 0.117 e. The zero-order valence-corrected chi connectivity index (χ0v) is 13.9. The van der Waals surface area contributed by atoms with Gasteiger partial charge in [-0.3, -0.25) is 0 Å². The normalized spacial score (nSPS) is 22.5. The Morgan fingerprint density at radius 2 is 2.24 bits per heavy atom. The molecule has 1 N–H and O–H groups in total. The van der Waals surface area contributed by atoms with Crippen molar-refractivity contribution in [1.82, 2.24) is 14.9 Å². The van der Waals surface area contributed by atoms with Crippen LogP contribution in [0.25, 0.3) is 11.0 Å². The lowest BCUT2D eigenvalue weighted by Gasteiger charge is -2.29. The minimum absolute atomic E-state index is 0.171. The van der Waals surface area contributed by atoms with Gasteiger partial charge in [0.1, 0.15) is 5.82 Å². The summed E-state index contributed by atoms with van der Waals surface area (Å²) in [5.74, 6) is 1.24. The number of aromatic nitrogens is 2. The number of nitrogens with one attached hydrogen (secondary N) is 1. The molecule has 0 radical (unpaired) electrons. The van der Waals surface area contributed by atoms with Crippen LogP contribution in [0.3, 0.4) is 0 Å². The zero-order valence-electron chi connectivity index (χ0n) is 13.1. The van der Waals surface area contributed by atoms with E-state index < -0.39 is 0 Å². The van der Waals surface area contributed by atoms with Crippen molar-refractivity contribution in [2.45, 2.75) is 51.5 Å². The second-order valence-electron chi connectivity index (χ2n) is 6.49. The van der Waals surface area contributed by atoms with Crippen molar-refractivity contribution < 1.29 is 0 Å². The van der Waals surface area contributed by atoms with Gasteiger partial charge in [0, 0.05) is 23.0 Å². The molecule has 21 heavy (non-hydrogen) atoms. The predicted octanol–water partition coefficient (Wildman–Crippen LogP) is 4.30. The van der Waals surface area contributed by atoms with Crippen molar-refractivity contribution in [2.24, 2.45) is 0 Å². The van der Waals surface area contributed by atoms with E-state index in [4.69, 9.17) is 16.6 Å². The molecule has 0 amide bonds. The summed E-state index contributed by atoms with van der Waals surface area (Å²) in [6, 6.07) is 6.46. The second kappa shape index (κ2) is 5.62. The summed E-state index contributed by atoms with van der Waals surface area (Å²) < 4.78 is 2.41. The summed E-state index contributed by atoms with van der Waals surface area (Å²) in [6.45, 7) is 8.86. The van der Waals surface area contributed by atoms with E-state index in [1.807, 2.05) is 12.1 Å². The number of hydrogen-bond acceptors (Lipinski definition) is 2. The molecular formula is C17H24ClN3. The number of rotatable bonds is 4. The molecular weight excluding hydrogens is 282 g/mol. The van der Waals surface area contributed by atoms with E-state index in [2.05, 4.69) is 36.7 Å². The fraction of sp³-hybridized carbons (Fsp3) is 0.588. The highest BCUT2D eigenvalue weighted by atomic mass is 35.5. The third-order valence-electron chi connectivity index (χ3n) is 4.61. The van der Waals surface area contributed by atoms with Gasteiger partial charge in [0.2, 0.25) is 0 Å². The van der Waals surface area contributed by atoms with Crippen molar-refractivity contribution in [3.05, 3.63) is 29.0 Å². The first-order valence-corrected chi connectivity index (χ1v) is 8.34. The Labute approximate surface area is 131 Å². The van der Waals surface area contributed by atoms with E-state index >= 15 is 0 Å². The standard InChI is InChI=1S/C17H24ClN3/c1-4-7-17(8-9-19-11-17)16-20-14-10-13(18)5-6-15(14)21(16)12(2)3/h5-6,10,12,19H,4,7-9,11H2,1-3H3. The van der Waals surface area contributed by atoms with E-state index in [9.17, 15) is 0 Å². The maximum atomic E-state index is 6.15. The summed E-state index contributed by atoms with van der Waals surface area (Å²) in [7, 11) is 0. The van der Waals surface area contributed by atoms with Gasteiger partial charge in [-0.1, -0.05) is 24.9 Å². The molecule has 0 saturated carbocycles. The van der Waals surface area contributed by atoms with Crippen LogP contribution in [-0.4, -0.2) is 22.6 Å². The quantitative estimate of drug-likeness (QED) is 0.912. The van der Waals surface area contributed by atoms with Gasteiger partial charge >= 0.3 is 0 Å². The van der Waals surface area contributed by atoms with Crippen LogP contribution in [-0.2, 0) is 5.41 Å². The molecule has 1 aromatic heterocycles. The minimum Gasteiger partial charge on any atom is -0.325 e. The topological polar surface area (TPSA) is 29.9 Å². The number of fused-ring (bicyclic) bond motifs is 1. The Kier molecular flexibility index (Phi) is 3.98. The van der Waals surface area contributed by atoms with E-state index in [1.165, 1.54) is 30.6 Å². The van der Waals surface area contributed by atoms with Crippen molar-refractivity contribution in [3.8, 4) is 0 Å². The first-order chi connectivity index (χ1) is 10.1. The SMILES string of the molecule is CCCC1(c2nc3cc(Cl)ccc3n2C(C)C)CCNC1. The van der Waals surface area contributed by atoms with Crippen molar-refractivity contribution in [1.29, 1.82) is 0 Å². The van der Waals surface area contributed by atoms with Crippen molar-refractivity contribution >= 4 is 22.6 Å². The molecule has 1 aliphatic heterocycles. The average molecular weight is 306 g/mol. The molecule has 3 rings (SSSR count). The Bertz CT molecular complexity index is 639. The monoisotopic (exact) mass is 305 g/mol. The van der Waals surface area contributed by atoms with Gasteiger partial charge in [-0.25, -0.2) is 4.98 Å². The van der Waals surface area contributed by atoms with Crippen molar-refractivity contribution in [2.75, 3.05) is 13.1 Å². The average Bonchev–Trinajstić information content (AvgIpc) is 3.03. The van der Waals surface area contributed by atoms with Gasteiger partial charge in [0.15, 0.2) is 0 Å². The number of nitrogens with zero attached hydrogens (tertiary/aromatic N) is 2. The van der Waals surface area contributed by atoms with E-state index in [1.54, 1.807) is 0 Å². The Balaban J connectivity index is 2.23. The highest BCUT2D eigenvalue weighted by Gasteiger charge is 2.39. The van der Waals surface area contributed by atoms with Gasteiger partial charge in [0.05, 0.1) is 11.0 Å². The van der Waals surface area contributed by atoms with Crippen LogP contribution in [0.1, 0.15) is 51.9 Å². The zero-order chi connectivity index (χ0) is 15.0. The third kappa shape index (κ3) is 2.47. The first kappa shape index (κ1) is 14.9. The predicted molar refractivity (Wildman–Crippen MR) is 89.2 cm³/mol. The summed E-state index contributed by atoms with van der Waals surface area (Å²) in [4.78, 5) is 5.01. The lowest BCUT2D eigenvalue weighted by atomic mass is 9.81. The maximum absolute atomic E-state index is 6.15. The molecule has 1 saturated heterocycles. The van der Waals surface area contributed by atoms with E-state index in [-0.39, 0.29) is 5.41 Å². The highest BCUT2D eigenvalue weighted by Crippen LogP contribution is 2.38. The van der Waals surface area contributed by atoms with Gasteiger partial charge in [-0.2, -0.15) is 0 Å². The van der Waals surface area contributed by atoms with Crippen LogP contribution < -0.4 is 5.32 Å². The second-order valence-corrected chi connectivity index (χ2v) is 6.93. The molecule has 0 bridgehead atoms. The smallest absolute Gasteiger partial charge is 0.117 e. The molecule has 1 aromatic carbocycles. The molecule has 4 heteroatoms. The molecule has 1 fully saturated rings. The van der Waals surface area contributed by atoms with Crippen LogP contribution in [0.4, 0.5) is 0 Å². The van der Waals surface area contributed by atoms with E-state index in [0.29, 0.717) is 6.04 Å². The Morgan fingerprint density at radius 1 is 1.43 bits per heavy atom. The lowest BCUT2D eigenvalue weighted by molar-refractivity contribution is 0.376. The Hall–Kier alpha value is -1.06.